The van der Waals surface area contributed by atoms with Gasteiger partial charge in [-0.3, -0.25) is 0 Å². The maximum atomic E-state index is 2.43. The molecule has 0 radical (unpaired) electrons. The van der Waals surface area contributed by atoms with Crippen LogP contribution in [0.15, 0.2) is 188 Å². The van der Waals surface area contributed by atoms with Gasteiger partial charge in [-0.25, -0.2) is 0 Å². The third-order valence-corrected chi connectivity index (χ3v) is 11.2. The highest BCUT2D eigenvalue weighted by molar-refractivity contribution is 7.25. The number of thiophene rings is 1. The van der Waals surface area contributed by atoms with Crippen molar-refractivity contribution in [3.63, 3.8) is 0 Å². The number of anilines is 3. The molecule has 0 unspecified atom stereocenters. The molecule has 0 aliphatic rings. The SMILES string of the molecule is c1ccc(-c2ccc(N(c3cccc(-c4cccc5sc6ccccc6c45)c3)c3cccc4c3ccc3ccc5ccccc5c34)cc2)cc1. The third kappa shape index (κ3) is 4.69. The van der Waals surface area contributed by atoms with Crippen LogP contribution in [0, 0.1) is 0 Å². The quantitative estimate of drug-likeness (QED) is 0.167. The van der Waals surface area contributed by atoms with Crippen molar-refractivity contribution in [2.45, 2.75) is 0 Å². The van der Waals surface area contributed by atoms with Gasteiger partial charge in [-0.15, -0.1) is 11.3 Å². The lowest BCUT2D eigenvalue weighted by Crippen LogP contribution is -2.10. The average Bonchev–Trinajstić information content (AvgIpc) is 3.58. The molecule has 1 heterocycles. The topological polar surface area (TPSA) is 3.24 Å². The van der Waals surface area contributed by atoms with E-state index in [1.807, 2.05) is 11.3 Å². The largest absolute Gasteiger partial charge is 0.310 e. The number of rotatable bonds is 5. The van der Waals surface area contributed by atoms with Crippen LogP contribution < -0.4 is 4.90 Å². The molecular formula is C48H31NS. The van der Waals surface area contributed by atoms with E-state index in [0.29, 0.717) is 0 Å². The molecule has 0 atom stereocenters. The molecule has 9 aromatic carbocycles. The summed E-state index contributed by atoms with van der Waals surface area (Å²) in [4.78, 5) is 2.43. The Bertz CT molecular complexity index is 2870. The van der Waals surface area contributed by atoms with Crippen molar-refractivity contribution in [1.82, 2.24) is 0 Å². The summed E-state index contributed by atoms with van der Waals surface area (Å²) in [7, 11) is 0. The van der Waals surface area contributed by atoms with Crippen LogP contribution in [0.2, 0.25) is 0 Å². The fourth-order valence-electron chi connectivity index (χ4n) is 7.73. The minimum absolute atomic E-state index is 1.12. The molecule has 0 N–H and O–H groups in total. The van der Waals surface area contributed by atoms with Crippen LogP contribution in [0.25, 0.3) is 74.7 Å². The average molecular weight is 654 g/mol. The van der Waals surface area contributed by atoms with E-state index in [9.17, 15) is 0 Å². The van der Waals surface area contributed by atoms with Gasteiger partial charge in [0, 0.05) is 36.9 Å². The van der Waals surface area contributed by atoms with Crippen molar-refractivity contribution in [1.29, 1.82) is 0 Å². The van der Waals surface area contributed by atoms with Crippen LogP contribution in [0.3, 0.4) is 0 Å². The summed E-state index contributed by atoms with van der Waals surface area (Å²) in [6, 6.07) is 68.7. The summed E-state index contributed by atoms with van der Waals surface area (Å²) in [5, 5.41) is 10.2. The number of hydrogen-bond acceptors (Lipinski definition) is 2. The van der Waals surface area contributed by atoms with Gasteiger partial charge in [0.25, 0.3) is 0 Å². The molecule has 50 heavy (non-hydrogen) atoms. The van der Waals surface area contributed by atoms with E-state index in [4.69, 9.17) is 0 Å². The van der Waals surface area contributed by atoms with Gasteiger partial charge < -0.3 is 4.90 Å². The molecular weight excluding hydrogens is 623 g/mol. The maximum Gasteiger partial charge on any atom is 0.0540 e. The number of hydrogen-bond donors (Lipinski definition) is 0. The van der Waals surface area contributed by atoms with E-state index in [0.717, 1.165) is 17.1 Å². The zero-order valence-corrected chi connectivity index (χ0v) is 28.1. The molecule has 0 amide bonds. The molecule has 1 aromatic heterocycles. The maximum absolute atomic E-state index is 2.43. The van der Waals surface area contributed by atoms with Gasteiger partial charge >= 0.3 is 0 Å². The van der Waals surface area contributed by atoms with Crippen LogP contribution in [0.1, 0.15) is 0 Å². The summed E-state index contributed by atoms with van der Waals surface area (Å²) in [5.74, 6) is 0. The molecule has 0 saturated heterocycles. The highest BCUT2D eigenvalue weighted by Gasteiger charge is 2.19. The summed E-state index contributed by atoms with van der Waals surface area (Å²) < 4.78 is 2.64. The van der Waals surface area contributed by atoms with E-state index in [2.05, 4.69) is 193 Å². The minimum Gasteiger partial charge on any atom is -0.310 e. The van der Waals surface area contributed by atoms with E-state index in [1.54, 1.807) is 0 Å². The smallest absolute Gasteiger partial charge is 0.0540 e. The van der Waals surface area contributed by atoms with Crippen LogP contribution in [0.4, 0.5) is 17.1 Å². The van der Waals surface area contributed by atoms with Gasteiger partial charge in [0.15, 0.2) is 0 Å². The van der Waals surface area contributed by atoms with Gasteiger partial charge in [-0.05, 0) is 91.6 Å². The van der Waals surface area contributed by atoms with E-state index in [-0.39, 0.29) is 0 Å². The molecule has 0 aliphatic carbocycles. The number of fused-ring (bicyclic) bond motifs is 8. The van der Waals surface area contributed by atoms with Crippen LogP contribution in [0.5, 0.6) is 0 Å². The second-order valence-electron chi connectivity index (χ2n) is 12.9. The van der Waals surface area contributed by atoms with E-state index in [1.165, 1.54) is 74.7 Å². The van der Waals surface area contributed by atoms with Crippen LogP contribution in [-0.4, -0.2) is 0 Å². The lowest BCUT2D eigenvalue weighted by atomic mass is 9.95. The molecule has 10 aromatic rings. The highest BCUT2D eigenvalue weighted by Crippen LogP contribution is 2.45. The summed E-state index contributed by atoms with van der Waals surface area (Å²) in [6.45, 7) is 0. The lowest BCUT2D eigenvalue weighted by molar-refractivity contribution is 1.30. The van der Waals surface area contributed by atoms with Gasteiger partial charge in [0.05, 0.1) is 5.69 Å². The highest BCUT2D eigenvalue weighted by atomic mass is 32.1. The first-order valence-corrected chi connectivity index (χ1v) is 17.9. The van der Waals surface area contributed by atoms with E-state index < -0.39 is 0 Å². The monoisotopic (exact) mass is 653 g/mol. The molecule has 1 nitrogen and oxygen atoms in total. The Morgan fingerprint density at radius 2 is 1.00 bits per heavy atom. The molecule has 0 fully saturated rings. The molecule has 0 saturated carbocycles. The molecule has 0 spiro atoms. The lowest BCUT2D eigenvalue weighted by Gasteiger charge is -2.28. The van der Waals surface area contributed by atoms with Crippen molar-refractivity contribution in [3.05, 3.63) is 188 Å². The predicted octanol–water partition coefficient (Wildman–Crippen LogP) is 14.3. The normalized spacial score (nSPS) is 11.6. The van der Waals surface area contributed by atoms with Crippen LogP contribution in [-0.2, 0) is 0 Å². The van der Waals surface area contributed by atoms with Crippen LogP contribution >= 0.6 is 11.3 Å². The number of nitrogens with zero attached hydrogens (tertiary/aromatic N) is 1. The van der Waals surface area contributed by atoms with Gasteiger partial charge in [-0.2, -0.15) is 0 Å². The molecule has 0 bridgehead atoms. The van der Waals surface area contributed by atoms with Crippen molar-refractivity contribution in [3.8, 4) is 22.3 Å². The van der Waals surface area contributed by atoms with Crippen molar-refractivity contribution in [2.24, 2.45) is 0 Å². The first-order valence-electron chi connectivity index (χ1n) is 17.1. The Kier molecular flexibility index (Phi) is 6.75. The molecule has 10 rings (SSSR count). The third-order valence-electron chi connectivity index (χ3n) is 10.0. The fourth-order valence-corrected chi connectivity index (χ4v) is 8.86. The van der Waals surface area contributed by atoms with E-state index >= 15 is 0 Å². The predicted molar refractivity (Wildman–Crippen MR) is 217 cm³/mol. The van der Waals surface area contributed by atoms with Gasteiger partial charge in [0.1, 0.15) is 0 Å². The Morgan fingerprint density at radius 3 is 1.90 bits per heavy atom. The zero-order valence-electron chi connectivity index (χ0n) is 27.3. The first kappa shape index (κ1) is 28.8. The van der Waals surface area contributed by atoms with Gasteiger partial charge in [0.2, 0.25) is 0 Å². The Morgan fingerprint density at radius 1 is 0.340 bits per heavy atom. The Hall–Kier alpha value is -6.22. The second kappa shape index (κ2) is 11.7. The van der Waals surface area contributed by atoms with Crippen molar-refractivity contribution < 1.29 is 0 Å². The molecule has 0 aliphatic heterocycles. The second-order valence-corrected chi connectivity index (χ2v) is 14.0. The summed E-state index contributed by atoms with van der Waals surface area (Å²) in [5.41, 5.74) is 8.28. The summed E-state index contributed by atoms with van der Waals surface area (Å²) >= 11 is 1.87. The first-order chi connectivity index (χ1) is 24.8. The van der Waals surface area contributed by atoms with Crippen molar-refractivity contribution in [2.75, 3.05) is 4.90 Å². The minimum atomic E-state index is 1.12. The number of benzene rings is 9. The Labute approximate surface area is 294 Å². The Balaban J connectivity index is 1.21. The fraction of sp³-hybridized carbons (Fsp3) is 0. The van der Waals surface area contributed by atoms with Crippen molar-refractivity contribution >= 4 is 80.9 Å². The van der Waals surface area contributed by atoms with Gasteiger partial charge in [-0.1, -0.05) is 146 Å². The molecule has 2 heteroatoms. The summed E-state index contributed by atoms with van der Waals surface area (Å²) in [6.07, 6.45) is 0. The standard InChI is InChI=1S/C48H31NS/c1-2-11-32(12-3-1)33-25-28-37(29-26-33)49(44-20-9-19-42-41(44)30-27-35-24-23-34-13-4-5-16-39(34)47(35)42)38-15-8-14-36(31-38)40-18-10-22-46-48(40)43-17-6-7-21-45(43)50-46/h1-31H. The zero-order chi connectivity index (χ0) is 33.0. The molecule has 234 valence electrons.